The number of rotatable bonds is 4. The lowest BCUT2D eigenvalue weighted by atomic mass is 9.95. The van der Waals surface area contributed by atoms with Crippen LogP contribution in [0.4, 0.5) is 0 Å². The molecule has 0 aromatic carbocycles. The maximum absolute atomic E-state index is 11.6. The van der Waals surface area contributed by atoms with Crippen LogP contribution in [0.3, 0.4) is 0 Å². The minimum atomic E-state index is -0.731. The predicted octanol–water partition coefficient (Wildman–Crippen LogP) is -0.170. The fourth-order valence-electron chi connectivity index (χ4n) is 2.25. The maximum Gasteiger partial charge on any atom is 0.309 e. The Morgan fingerprint density at radius 2 is 1.42 bits per heavy atom. The van der Waals surface area contributed by atoms with Gasteiger partial charge >= 0.3 is 11.8 Å². The summed E-state index contributed by atoms with van der Waals surface area (Å²) in [5, 5.41) is 7.80. The molecule has 0 atom stereocenters. The lowest BCUT2D eigenvalue weighted by Crippen LogP contribution is -2.46. The van der Waals surface area contributed by atoms with Gasteiger partial charge in [0.15, 0.2) is 0 Å². The van der Waals surface area contributed by atoms with Crippen molar-refractivity contribution in [1.29, 1.82) is 0 Å². The molecule has 0 aromatic rings. The molecular weight excluding hydrogens is 246 g/mol. The van der Waals surface area contributed by atoms with Crippen molar-refractivity contribution in [2.45, 2.75) is 57.0 Å². The first-order chi connectivity index (χ1) is 9.15. The topological polar surface area (TPSA) is 87.3 Å². The Hall–Kier alpha value is -1.59. The smallest absolute Gasteiger partial charge is 0.309 e. The zero-order chi connectivity index (χ0) is 13.7. The van der Waals surface area contributed by atoms with Gasteiger partial charge < -0.3 is 16.0 Å². The average molecular weight is 267 g/mol. The zero-order valence-corrected chi connectivity index (χ0v) is 11.0. The second-order valence-corrected chi connectivity index (χ2v) is 5.33. The van der Waals surface area contributed by atoms with E-state index >= 15 is 0 Å². The first-order valence-corrected chi connectivity index (χ1v) is 7.03. The molecule has 0 radical (unpaired) electrons. The van der Waals surface area contributed by atoms with Crippen molar-refractivity contribution in [3.63, 3.8) is 0 Å². The third-order valence-corrected chi connectivity index (χ3v) is 3.50. The van der Waals surface area contributed by atoms with Crippen LogP contribution in [0.15, 0.2) is 0 Å². The lowest BCUT2D eigenvalue weighted by Gasteiger charge is -2.22. The van der Waals surface area contributed by atoms with E-state index in [2.05, 4.69) is 16.0 Å². The van der Waals surface area contributed by atoms with E-state index in [0.717, 1.165) is 38.5 Å². The Balaban J connectivity index is 1.61. The monoisotopic (exact) mass is 267 g/mol. The van der Waals surface area contributed by atoms with Crippen LogP contribution in [0.2, 0.25) is 0 Å². The standard InChI is InChI=1S/C13H21N3O3/c17-11(15-9-4-2-1-3-5-9)8-14-12(18)13(19)16-10-6-7-10/h9-10H,1-8H2,(H,14,18)(H,15,17)(H,16,19). The largest absolute Gasteiger partial charge is 0.352 e. The quantitative estimate of drug-likeness (QED) is 0.618. The SMILES string of the molecule is O=C(CNC(=O)C(=O)NC1CC1)NC1CCCCC1. The van der Waals surface area contributed by atoms with E-state index in [-0.39, 0.29) is 24.5 Å². The van der Waals surface area contributed by atoms with Crippen LogP contribution in [0.5, 0.6) is 0 Å². The first-order valence-electron chi connectivity index (χ1n) is 7.03. The van der Waals surface area contributed by atoms with Crippen LogP contribution in [0.1, 0.15) is 44.9 Å². The zero-order valence-electron chi connectivity index (χ0n) is 11.0. The van der Waals surface area contributed by atoms with Gasteiger partial charge in [0, 0.05) is 12.1 Å². The van der Waals surface area contributed by atoms with Gasteiger partial charge in [0.25, 0.3) is 0 Å². The van der Waals surface area contributed by atoms with Gasteiger partial charge in [-0.1, -0.05) is 19.3 Å². The summed E-state index contributed by atoms with van der Waals surface area (Å²) in [5.74, 6) is -1.60. The molecule has 3 N–H and O–H groups in total. The summed E-state index contributed by atoms with van der Waals surface area (Å²) >= 11 is 0. The number of hydrogen-bond acceptors (Lipinski definition) is 3. The second kappa shape index (κ2) is 6.54. The van der Waals surface area contributed by atoms with Crippen LogP contribution in [0.25, 0.3) is 0 Å². The van der Waals surface area contributed by atoms with E-state index in [1.54, 1.807) is 0 Å². The van der Waals surface area contributed by atoms with Crippen LogP contribution in [0, 0.1) is 0 Å². The summed E-state index contributed by atoms with van der Waals surface area (Å²) in [5.41, 5.74) is 0. The Morgan fingerprint density at radius 1 is 0.789 bits per heavy atom. The number of nitrogens with one attached hydrogen (secondary N) is 3. The molecule has 6 nitrogen and oxygen atoms in total. The Labute approximate surface area is 112 Å². The minimum absolute atomic E-state index is 0.132. The summed E-state index contributed by atoms with van der Waals surface area (Å²) in [4.78, 5) is 34.4. The average Bonchev–Trinajstić information content (AvgIpc) is 3.21. The van der Waals surface area contributed by atoms with E-state index in [0.29, 0.717) is 0 Å². The van der Waals surface area contributed by atoms with E-state index in [1.807, 2.05) is 0 Å². The number of amides is 3. The molecule has 0 unspecified atom stereocenters. The summed E-state index contributed by atoms with van der Waals surface area (Å²) in [6.07, 6.45) is 7.37. The van der Waals surface area contributed by atoms with Crippen molar-refractivity contribution in [2.75, 3.05) is 6.54 Å². The van der Waals surface area contributed by atoms with Crippen molar-refractivity contribution >= 4 is 17.7 Å². The molecule has 0 aromatic heterocycles. The van der Waals surface area contributed by atoms with Gasteiger partial charge in [-0.3, -0.25) is 14.4 Å². The van der Waals surface area contributed by atoms with Crippen LogP contribution in [-0.4, -0.2) is 36.3 Å². The van der Waals surface area contributed by atoms with Gasteiger partial charge in [0.1, 0.15) is 0 Å². The van der Waals surface area contributed by atoms with Crippen LogP contribution in [-0.2, 0) is 14.4 Å². The summed E-state index contributed by atoms with van der Waals surface area (Å²) < 4.78 is 0. The summed E-state index contributed by atoms with van der Waals surface area (Å²) in [6.45, 7) is -0.132. The van der Waals surface area contributed by atoms with E-state index < -0.39 is 11.8 Å². The van der Waals surface area contributed by atoms with Gasteiger partial charge in [-0.25, -0.2) is 0 Å². The van der Waals surface area contributed by atoms with E-state index in [4.69, 9.17) is 0 Å². The molecule has 0 heterocycles. The number of carbonyl (C=O) groups is 3. The van der Waals surface area contributed by atoms with Crippen molar-refractivity contribution in [3.8, 4) is 0 Å². The molecule has 2 fully saturated rings. The van der Waals surface area contributed by atoms with Crippen molar-refractivity contribution in [3.05, 3.63) is 0 Å². The second-order valence-electron chi connectivity index (χ2n) is 5.33. The Bertz CT molecular complexity index is 360. The molecule has 6 heteroatoms. The molecule has 2 saturated carbocycles. The van der Waals surface area contributed by atoms with E-state index in [1.165, 1.54) is 6.42 Å². The Morgan fingerprint density at radius 3 is 2.05 bits per heavy atom. The summed E-state index contributed by atoms with van der Waals surface area (Å²) in [6, 6.07) is 0.368. The molecule has 19 heavy (non-hydrogen) atoms. The molecule has 2 aliphatic carbocycles. The molecule has 2 rings (SSSR count). The molecule has 0 bridgehead atoms. The number of hydrogen-bond donors (Lipinski definition) is 3. The minimum Gasteiger partial charge on any atom is -0.352 e. The Kier molecular flexibility index (Phi) is 4.76. The fourth-order valence-corrected chi connectivity index (χ4v) is 2.25. The highest BCUT2D eigenvalue weighted by atomic mass is 16.2. The molecule has 0 spiro atoms. The maximum atomic E-state index is 11.6. The van der Waals surface area contributed by atoms with Crippen molar-refractivity contribution < 1.29 is 14.4 Å². The predicted molar refractivity (Wildman–Crippen MR) is 69.2 cm³/mol. The normalized spacial score (nSPS) is 19.6. The van der Waals surface area contributed by atoms with Gasteiger partial charge in [-0.05, 0) is 25.7 Å². The van der Waals surface area contributed by atoms with Crippen molar-refractivity contribution in [2.24, 2.45) is 0 Å². The highest BCUT2D eigenvalue weighted by Crippen LogP contribution is 2.18. The van der Waals surface area contributed by atoms with Crippen LogP contribution < -0.4 is 16.0 Å². The van der Waals surface area contributed by atoms with Crippen molar-refractivity contribution in [1.82, 2.24) is 16.0 Å². The van der Waals surface area contributed by atoms with Gasteiger partial charge in [0.05, 0.1) is 6.54 Å². The van der Waals surface area contributed by atoms with Crippen LogP contribution >= 0.6 is 0 Å². The highest BCUT2D eigenvalue weighted by Gasteiger charge is 2.26. The molecule has 3 amide bonds. The third-order valence-electron chi connectivity index (χ3n) is 3.50. The third kappa shape index (κ3) is 4.89. The highest BCUT2D eigenvalue weighted by molar-refractivity contribution is 6.35. The van der Waals surface area contributed by atoms with Gasteiger partial charge in [-0.2, -0.15) is 0 Å². The van der Waals surface area contributed by atoms with E-state index in [9.17, 15) is 14.4 Å². The summed E-state index contributed by atoms with van der Waals surface area (Å²) in [7, 11) is 0. The molecule has 0 saturated heterocycles. The molecule has 106 valence electrons. The molecular formula is C13H21N3O3. The van der Waals surface area contributed by atoms with Gasteiger partial charge in [0.2, 0.25) is 5.91 Å². The number of carbonyl (C=O) groups excluding carboxylic acids is 3. The fraction of sp³-hybridized carbons (Fsp3) is 0.769. The molecule has 2 aliphatic rings. The van der Waals surface area contributed by atoms with Gasteiger partial charge in [-0.15, -0.1) is 0 Å². The molecule has 0 aliphatic heterocycles. The lowest BCUT2D eigenvalue weighted by molar-refractivity contribution is -0.139. The first kappa shape index (κ1) is 13.8.